The highest BCUT2D eigenvalue weighted by atomic mass is 127. The summed E-state index contributed by atoms with van der Waals surface area (Å²) in [4.78, 5) is 4.23. The molecule has 2 N–H and O–H groups in total. The van der Waals surface area contributed by atoms with E-state index in [0.717, 1.165) is 54.4 Å². The Morgan fingerprint density at radius 3 is 2.54 bits per heavy atom. The summed E-state index contributed by atoms with van der Waals surface area (Å²) in [5, 5.41) is 6.62. The molecule has 0 aliphatic carbocycles. The lowest BCUT2D eigenvalue weighted by atomic mass is 10.1. The Kier molecular flexibility index (Phi) is 12.1. The van der Waals surface area contributed by atoms with Crippen LogP contribution in [0, 0.1) is 0 Å². The Morgan fingerprint density at radius 1 is 1.25 bits per heavy atom. The molecule has 1 aromatic carbocycles. The molecular formula is C18H30IN3O2. The topological polar surface area (TPSA) is 54.9 Å². The zero-order valence-corrected chi connectivity index (χ0v) is 17.5. The van der Waals surface area contributed by atoms with Gasteiger partial charge in [0.15, 0.2) is 17.5 Å². The van der Waals surface area contributed by atoms with Gasteiger partial charge in [-0.05, 0) is 30.5 Å². The fourth-order valence-electron chi connectivity index (χ4n) is 2.31. The maximum absolute atomic E-state index is 5.46. The van der Waals surface area contributed by atoms with Crippen molar-refractivity contribution >= 4 is 29.9 Å². The Balaban J connectivity index is 0.00000529. The smallest absolute Gasteiger partial charge is 0.191 e. The molecule has 0 saturated carbocycles. The number of hydrogen-bond acceptors (Lipinski definition) is 3. The number of allylic oxidation sites excluding steroid dienone is 1. The summed E-state index contributed by atoms with van der Waals surface area (Å²) in [5.74, 6) is 2.30. The third-order valence-corrected chi connectivity index (χ3v) is 3.49. The molecular weight excluding hydrogens is 417 g/mol. The third kappa shape index (κ3) is 6.98. The predicted octanol–water partition coefficient (Wildman–Crippen LogP) is 3.52. The Labute approximate surface area is 162 Å². The standard InChI is InChI=1S/C18H29N3O2.HI/c1-6-8-10-20-18(19-3)21-13-14-11-15(9-7-2)17(23-5)16(12-14)22-4;/h7,11-12H,2,6,8-10,13H2,1,3-5H3,(H2,19,20,21);1H. The van der Waals surface area contributed by atoms with E-state index in [0.29, 0.717) is 6.54 Å². The molecule has 1 aromatic rings. The van der Waals surface area contributed by atoms with E-state index in [9.17, 15) is 0 Å². The first-order valence-electron chi connectivity index (χ1n) is 7.99. The van der Waals surface area contributed by atoms with Crippen LogP contribution in [0.15, 0.2) is 29.8 Å². The van der Waals surface area contributed by atoms with Crippen LogP contribution in [0.1, 0.15) is 30.9 Å². The monoisotopic (exact) mass is 447 g/mol. The molecule has 136 valence electrons. The molecule has 1 rings (SSSR count). The molecule has 0 spiro atoms. The molecule has 0 bridgehead atoms. The number of nitrogens with one attached hydrogen (secondary N) is 2. The fraction of sp³-hybridized carbons (Fsp3) is 0.500. The highest BCUT2D eigenvalue weighted by Crippen LogP contribution is 2.33. The number of rotatable bonds is 9. The minimum atomic E-state index is 0. The first-order valence-corrected chi connectivity index (χ1v) is 7.99. The highest BCUT2D eigenvalue weighted by Gasteiger charge is 2.11. The summed E-state index contributed by atoms with van der Waals surface area (Å²) in [6.45, 7) is 7.56. The van der Waals surface area contributed by atoms with Crippen LogP contribution in [-0.4, -0.2) is 33.8 Å². The predicted molar refractivity (Wildman–Crippen MR) is 112 cm³/mol. The third-order valence-electron chi connectivity index (χ3n) is 3.49. The summed E-state index contributed by atoms with van der Waals surface area (Å²) in [6.07, 6.45) is 4.88. The number of halogens is 1. The van der Waals surface area contributed by atoms with Gasteiger partial charge < -0.3 is 20.1 Å². The molecule has 0 heterocycles. The van der Waals surface area contributed by atoms with Gasteiger partial charge in [-0.3, -0.25) is 4.99 Å². The maximum atomic E-state index is 5.46. The van der Waals surface area contributed by atoms with E-state index in [1.165, 1.54) is 0 Å². The average Bonchev–Trinajstić information content (AvgIpc) is 2.57. The quantitative estimate of drug-likeness (QED) is 0.200. The molecule has 0 aliphatic heterocycles. The van der Waals surface area contributed by atoms with E-state index in [1.54, 1.807) is 21.3 Å². The van der Waals surface area contributed by atoms with Crippen LogP contribution in [-0.2, 0) is 13.0 Å². The first-order chi connectivity index (χ1) is 11.2. The molecule has 6 heteroatoms. The Hall–Kier alpha value is -1.44. The van der Waals surface area contributed by atoms with Crippen LogP contribution in [0.2, 0.25) is 0 Å². The second kappa shape index (κ2) is 12.9. The van der Waals surface area contributed by atoms with Gasteiger partial charge in [0.25, 0.3) is 0 Å². The van der Waals surface area contributed by atoms with Gasteiger partial charge >= 0.3 is 0 Å². The lowest BCUT2D eigenvalue weighted by Crippen LogP contribution is -2.37. The number of unbranched alkanes of at least 4 members (excludes halogenated alkanes) is 1. The number of methoxy groups -OCH3 is 2. The average molecular weight is 447 g/mol. The summed E-state index contributed by atoms with van der Waals surface area (Å²) in [6, 6.07) is 4.09. The van der Waals surface area contributed by atoms with Crippen molar-refractivity contribution in [3.8, 4) is 11.5 Å². The number of hydrogen-bond donors (Lipinski definition) is 2. The van der Waals surface area contributed by atoms with Crippen LogP contribution in [0.25, 0.3) is 0 Å². The van der Waals surface area contributed by atoms with Crippen LogP contribution in [0.4, 0.5) is 0 Å². The van der Waals surface area contributed by atoms with Gasteiger partial charge in [0.05, 0.1) is 14.2 Å². The second-order valence-electron chi connectivity index (χ2n) is 5.19. The largest absolute Gasteiger partial charge is 0.493 e. The molecule has 0 atom stereocenters. The van der Waals surface area contributed by atoms with E-state index in [4.69, 9.17) is 9.47 Å². The molecule has 0 aromatic heterocycles. The number of benzene rings is 1. The van der Waals surface area contributed by atoms with Crippen molar-refractivity contribution in [2.75, 3.05) is 27.8 Å². The fourth-order valence-corrected chi connectivity index (χ4v) is 2.31. The van der Waals surface area contributed by atoms with Crippen LogP contribution in [0.5, 0.6) is 11.5 Å². The zero-order chi connectivity index (χ0) is 17.1. The van der Waals surface area contributed by atoms with Gasteiger partial charge in [0.2, 0.25) is 0 Å². The van der Waals surface area contributed by atoms with Crippen molar-refractivity contribution < 1.29 is 9.47 Å². The van der Waals surface area contributed by atoms with E-state index in [2.05, 4.69) is 35.2 Å². The van der Waals surface area contributed by atoms with Gasteiger partial charge in [-0.25, -0.2) is 0 Å². The SMILES string of the molecule is C=CCc1cc(CNC(=NC)NCCCC)cc(OC)c1OC.I. The van der Waals surface area contributed by atoms with Gasteiger partial charge in [-0.2, -0.15) is 0 Å². The summed E-state index contributed by atoms with van der Waals surface area (Å²) >= 11 is 0. The minimum Gasteiger partial charge on any atom is -0.493 e. The van der Waals surface area contributed by atoms with Gasteiger partial charge in [-0.15, -0.1) is 30.6 Å². The van der Waals surface area contributed by atoms with E-state index < -0.39 is 0 Å². The van der Waals surface area contributed by atoms with Crippen molar-refractivity contribution in [3.05, 3.63) is 35.9 Å². The van der Waals surface area contributed by atoms with Gasteiger partial charge in [0, 0.05) is 25.7 Å². The van der Waals surface area contributed by atoms with E-state index in [-0.39, 0.29) is 24.0 Å². The summed E-state index contributed by atoms with van der Waals surface area (Å²) in [5.41, 5.74) is 2.17. The molecule has 0 amide bonds. The van der Waals surface area contributed by atoms with Crippen molar-refractivity contribution in [3.63, 3.8) is 0 Å². The molecule has 0 saturated heterocycles. The molecule has 0 radical (unpaired) electrons. The van der Waals surface area contributed by atoms with Crippen molar-refractivity contribution in [2.24, 2.45) is 4.99 Å². The van der Waals surface area contributed by atoms with E-state index in [1.807, 2.05) is 12.1 Å². The number of aliphatic imine (C=N–C) groups is 1. The first kappa shape index (κ1) is 22.6. The van der Waals surface area contributed by atoms with Crippen molar-refractivity contribution in [2.45, 2.75) is 32.7 Å². The molecule has 5 nitrogen and oxygen atoms in total. The lowest BCUT2D eigenvalue weighted by Gasteiger charge is -2.16. The normalized spacial score (nSPS) is 10.6. The minimum absolute atomic E-state index is 0. The number of guanidine groups is 1. The number of nitrogens with zero attached hydrogens (tertiary/aromatic N) is 1. The second-order valence-corrected chi connectivity index (χ2v) is 5.19. The summed E-state index contributed by atoms with van der Waals surface area (Å²) < 4.78 is 10.9. The Morgan fingerprint density at radius 2 is 2.00 bits per heavy atom. The van der Waals surface area contributed by atoms with Crippen LogP contribution < -0.4 is 20.1 Å². The summed E-state index contributed by atoms with van der Waals surface area (Å²) in [7, 11) is 5.08. The van der Waals surface area contributed by atoms with Crippen molar-refractivity contribution in [1.29, 1.82) is 0 Å². The van der Waals surface area contributed by atoms with E-state index >= 15 is 0 Å². The maximum Gasteiger partial charge on any atom is 0.191 e. The number of ether oxygens (including phenoxy) is 2. The molecule has 0 aliphatic rings. The van der Waals surface area contributed by atoms with Crippen LogP contribution >= 0.6 is 24.0 Å². The van der Waals surface area contributed by atoms with Crippen LogP contribution in [0.3, 0.4) is 0 Å². The van der Waals surface area contributed by atoms with Crippen molar-refractivity contribution in [1.82, 2.24) is 10.6 Å². The Bertz CT molecular complexity index is 533. The lowest BCUT2D eigenvalue weighted by molar-refractivity contribution is 0.352. The molecule has 24 heavy (non-hydrogen) atoms. The highest BCUT2D eigenvalue weighted by molar-refractivity contribution is 14.0. The molecule has 0 unspecified atom stereocenters. The van der Waals surface area contributed by atoms with Gasteiger partial charge in [-0.1, -0.05) is 19.4 Å². The zero-order valence-electron chi connectivity index (χ0n) is 15.1. The molecule has 0 fully saturated rings. The van der Waals surface area contributed by atoms with Gasteiger partial charge in [0.1, 0.15) is 0 Å².